The Balaban J connectivity index is 2.11. The molecule has 7 nitrogen and oxygen atoms in total. The fourth-order valence-electron chi connectivity index (χ4n) is 2.98. The molecule has 0 spiro atoms. The molecule has 150 valence electrons. The summed E-state index contributed by atoms with van der Waals surface area (Å²) in [4.78, 5) is 24.5. The van der Waals surface area contributed by atoms with Gasteiger partial charge < -0.3 is 10.6 Å². The first-order chi connectivity index (χ1) is 12.9. The third-order valence-corrected chi connectivity index (χ3v) is 6.48. The molecule has 1 aromatic rings. The number of benzene rings is 1. The average molecular weight is 396 g/mol. The van der Waals surface area contributed by atoms with Crippen LogP contribution in [-0.4, -0.2) is 50.2 Å². The number of rotatable bonds is 7. The van der Waals surface area contributed by atoms with Crippen molar-refractivity contribution in [3.05, 3.63) is 29.8 Å². The van der Waals surface area contributed by atoms with E-state index in [1.165, 1.54) is 16.4 Å². The van der Waals surface area contributed by atoms with Gasteiger partial charge in [0.15, 0.2) is 0 Å². The molecule has 27 heavy (non-hydrogen) atoms. The van der Waals surface area contributed by atoms with E-state index in [0.29, 0.717) is 19.6 Å². The SMILES string of the molecule is CCCNC(=O)[C@H](C)NC(=O)c1cccc(S(=O)(=O)N2CCCCCC2)c1. The predicted octanol–water partition coefficient (Wildman–Crippen LogP) is 1.90. The van der Waals surface area contributed by atoms with Crippen molar-refractivity contribution in [3.8, 4) is 0 Å². The summed E-state index contributed by atoms with van der Waals surface area (Å²) < 4.78 is 27.3. The second-order valence-corrected chi connectivity index (χ2v) is 8.77. The molecular weight excluding hydrogens is 366 g/mol. The molecule has 0 unspecified atom stereocenters. The van der Waals surface area contributed by atoms with Crippen molar-refractivity contribution >= 4 is 21.8 Å². The van der Waals surface area contributed by atoms with Crippen LogP contribution in [0, 0.1) is 0 Å². The second kappa shape index (κ2) is 9.85. The number of carbonyl (C=O) groups excluding carboxylic acids is 2. The van der Waals surface area contributed by atoms with Gasteiger partial charge in [-0.25, -0.2) is 8.42 Å². The highest BCUT2D eigenvalue weighted by Crippen LogP contribution is 2.21. The van der Waals surface area contributed by atoms with Crippen LogP contribution in [-0.2, 0) is 14.8 Å². The number of nitrogens with zero attached hydrogens (tertiary/aromatic N) is 1. The number of sulfonamides is 1. The maximum absolute atomic E-state index is 12.9. The zero-order chi connectivity index (χ0) is 19.9. The van der Waals surface area contributed by atoms with E-state index in [9.17, 15) is 18.0 Å². The second-order valence-electron chi connectivity index (χ2n) is 6.83. The lowest BCUT2D eigenvalue weighted by atomic mass is 10.2. The zero-order valence-corrected chi connectivity index (χ0v) is 16.8. The first-order valence-corrected chi connectivity index (χ1v) is 11.0. The molecule has 2 amide bonds. The summed E-state index contributed by atoms with van der Waals surface area (Å²) in [6.07, 6.45) is 4.58. The van der Waals surface area contributed by atoms with E-state index in [2.05, 4.69) is 10.6 Å². The third-order valence-electron chi connectivity index (χ3n) is 4.59. The molecule has 1 aliphatic heterocycles. The van der Waals surface area contributed by atoms with E-state index in [1.54, 1.807) is 19.1 Å². The van der Waals surface area contributed by atoms with Gasteiger partial charge >= 0.3 is 0 Å². The van der Waals surface area contributed by atoms with Gasteiger partial charge in [-0.2, -0.15) is 4.31 Å². The van der Waals surface area contributed by atoms with Gasteiger partial charge in [0.25, 0.3) is 5.91 Å². The molecule has 1 heterocycles. The summed E-state index contributed by atoms with van der Waals surface area (Å²) in [6, 6.07) is 5.30. The van der Waals surface area contributed by atoms with Gasteiger partial charge in [0.05, 0.1) is 4.90 Å². The molecule has 0 aliphatic carbocycles. The molecule has 2 N–H and O–H groups in total. The molecule has 1 atom stereocenters. The van der Waals surface area contributed by atoms with Gasteiger partial charge in [-0.3, -0.25) is 9.59 Å². The zero-order valence-electron chi connectivity index (χ0n) is 16.0. The minimum atomic E-state index is -3.62. The van der Waals surface area contributed by atoms with Crippen LogP contribution < -0.4 is 10.6 Å². The highest BCUT2D eigenvalue weighted by molar-refractivity contribution is 7.89. The summed E-state index contributed by atoms with van der Waals surface area (Å²) >= 11 is 0. The van der Waals surface area contributed by atoms with Crippen molar-refractivity contribution < 1.29 is 18.0 Å². The van der Waals surface area contributed by atoms with E-state index < -0.39 is 22.0 Å². The summed E-state index contributed by atoms with van der Waals surface area (Å²) in [5.41, 5.74) is 0.223. The minimum Gasteiger partial charge on any atom is -0.354 e. The predicted molar refractivity (Wildman–Crippen MR) is 104 cm³/mol. The first kappa shape index (κ1) is 21.4. The van der Waals surface area contributed by atoms with Gasteiger partial charge in [0, 0.05) is 25.2 Å². The van der Waals surface area contributed by atoms with Crippen molar-refractivity contribution in [1.29, 1.82) is 0 Å². The van der Waals surface area contributed by atoms with Gasteiger partial charge in [0.1, 0.15) is 6.04 Å². The molecule has 0 aromatic heterocycles. The fourth-order valence-corrected chi connectivity index (χ4v) is 4.54. The summed E-state index contributed by atoms with van der Waals surface area (Å²) in [5, 5.41) is 5.33. The highest BCUT2D eigenvalue weighted by atomic mass is 32.2. The molecule has 1 aliphatic rings. The van der Waals surface area contributed by atoms with Crippen molar-refractivity contribution in [3.63, 3.8) is 0 Å². The normalized spacial score (nSPS) is 17.0. The largest absolute Gasteiger partial charge is 0.354 e. The van der Waals surface area contributed by atoms with Crippen LogP contribution in [0.3, 0.4) is 0 Å². The van der Waals surface area contributed by atoms with Crippen molar-refractivity contribution in [1.82, 2.24) is 14.9 Å². The molecule has 1 saturated heterocycles. The van der Waals surface area contributed by atoms with Crippen LogP contribution in [0.25, 0.3) is 0 Å². The van der Waals surface area contributed by atoms with Crippen molar-refractivity contribution in [2.45, 2.75) is 56.9 Å². The van der Waals surface area contributed by atoms with E-state index in [4.69, 9.17) is 0 Å². The molecule has 2 rings (SSSR count). The fraction of sp³-hybridized carbons (Fsp3) is 0.579. The average Bonchev–Trinajstić information content (AvgIpc) is 2.96. The highest BCUT2D eigenvalue weighted by Gasteiger charge is 2.26. The van der Waals surface area contributed by atoms with E-state index in [-0.39, 0.29) is 16.4 Å². The van der Waals surface area contributed by atoms with Crippen LogP contribution in [0.2, 0.25) is 0 Å². The van der Waals surface area contributed by atoms with Gasteiger partial charge in [-0.1, -0.05) is 25.8 Å². The Morgan fingerprint density at radius 1 is 1.15 bits per heavy atom. The van der Waals surface area contributed by atoms with Gasteiger partial charge in [-0.05, 0) is 44.4 Å². The first-order valence-electron chi connectivity index (χ1n) is 9.55. The third kappa shape index (κ3) is 5.77. The van der Waals surface area contributed by atoms with E-state index in [0.717, 1.165) is 32.1 Å². The van der Waals surface area contributed by atoms with Crippen LogP contribution >= 0.6 is 0 Å². The topological polar surface area (TPSA) is 95.6 Å². The van der Waals surface area contributed by atoms with Crippen LogP contribution in [0.5, 0.6) is 0 Å². The number of carbonyl (C=O) groups is 2. The monoisotopic (exact) mass is 395 g/mol. The van der Waals surface area contributed by atoms with Gasteiger partial charge in [0.2, 0.25) is 15.9 Å². The van der Waals surface area contributed by atoms with Gasteiger partial charge in [-0.15, -0.1) is 0 Å². The molecule has 0 saturated carbocycles. The van der Waals surface area contributed by atoms with Crippen molar-refractivity contribution in [2.75, 3.05) is 19.6 Å². The maximum Gasteiger partial charge on any atom is 0.251 e. The maximum atomic E-state index is 12.9. The Bertz CT molecular complexity index is 756. The number of nitrogens with one attached hydrogen (secondary N) is 2. The lowest BCUT2D eigenvalue weighted by Gasteiger charge is -2.20. The van der Waals surface area contributed by atoms with E-state index >= 15 is 0 Å². The van der Waals surface area contributed by atoms with Crippen LogP contribution in [0.15, 0.2) is 29.2 Å². The summed E-state index contributed by atoms with van der Waals surface area (Å²) in [5.74, 6) is -0.736. The standard InChI is InChI=1S/C19H29N3O4S/c1-3-11-20-18(23)15(2)21-19(24)16-9-8-10-17(14-16)27(25,26)22-12-6-4-5-7-13-22/h8-10,14-15H,3-7,11-13H2,1-2H3,(H,20,23)(H,21,24)/t15-/m0/s1. The number of hydrogen-bond donors (Lipinski definition) is 2. The lowest BCUT2D eigenvalue weighted by Crippen LogP contribution is -2.45. The van der Waals surface area contributed by atoms with E-state index in [1.807, 2.05) is 6.92 Å². The lowest BCUT2D eigenvalue weighted by molar-refractivity contribution is -0.122. The Morgan fingerprint density at radius 3 is 2.44 bits per heavy atom. The molecule has 0 radical (unpaired) electrons. The smallest absolute Gasteiger partial charge is 0.251 e. The van der Waals surface area contributed by atoms with Crippen molar-refractivity contribution in [2.24, 2.45) is 0 Å². The summed E-state index contributed by atoms with van der Waals surface area (Å²) in [7, 11) is -3.62. The number of hydrogen-bond acceptors (Lipinski definition) is 4. The van der Waals surface area contributed by atoms with Crippen LogP contribution in [0.4, 0.5) is 0 Å². The molecular formula is C19H29N3O4S. The molecule has 0 bridgehead atoms. The Hall–Kier alpha value is -1.93. The Labute approximate surface area is 161 Å². The minimum absolute atomic E-state index is 0.111. The number of amides is 2. The summed E-state index contributed by atoms with van der Waals surface area (Å²) in [6.45, 7) is 5.10. The molecule has 1 aromatic carbocycles. The molecule has 8 heteroatoms. The van der Waals surface area contributed by atoms with Crippen LogP contribution in [0.1, 0.15) is 56.3 Å². The Kier molecular flexibility index (Phi) is 7.79. The quantitative estimate of drug-likeness (QED) is 0.737. The molecule has 1 fully saturated rings. The Morgan fingerprint density at radius 2 is 1.81 bits per heavy atom.